The third-order valence-corrected chi connectivity index (χ3v) is 5.08. The fraction of sp³-hybridized carbons (Fsp3) is 0.273. The van der Waals surface area contributed by atoms with Crippen LogP contribution in [0.5, 0.6) is 5.75 Å². The van der Waals surface area contributed by atoms with Crippen molar-refractivity contribution in [1.82, 2.24) is 15.5 Å². The Morgan fingerprint density at radius 2 is 1.96 bits per heavy atom. The Balaban J connectivity index is 1.40. The van der Waals surface area contributed by atoms with E-state index in [2.05, 4.69) is 38.6 Å². The molecule has 1 aliphatic rings. The van der Waals surface area contributed by atoms with E-state index >= 15 is 0 Å². The molecule has 1 unspecified atom stereocenters. The number of aromatic nitrogens is 2. The van der Waals surface area contributed by atoms with Crippen molar-refractivity contribution in [3.05, 3.63) is 66.2 Å². The van der Waals surface area contributed by atoms with Crippen LogP contribution in [0.25, 0.3) is 11.3 Å². The first-order valence-corrected chi connectivity index (χ1v) is 9.53. The van der Waals surface area contributed by atoms with Gasteiger partial charge in [-0.1, -0.05) is 30.3 Å². The van der Waals surface area contributed by atoms with Crippen molar-refractivity contribution < 1.29 is 9.53 Å². The molecule has 0 spiro atoms. The van der Waals surface area contributed by atoms with Gasteiger partial charge in [0.05, 0.1) is 12.8 Å². The average molecular weight is 376 g/mol. The number of hydrogen-bond donors (Lipinski definition) is 2. The van der Waals surface area contributed by atoms with Crippen molar-refractivity contribution in [1.29, 1.82) is 0 Å². The van der Waals surface area contributed by atoms with Crippen LogP contribution < -0.4 is 15.0 Å². The van der Waals surface area contributed by atoms with Crippen molar-refractivity contribution in [2.75, 3.05) is 25.1 Å². The van der Waals surface area contributed by atoms with Gasteiger partial charge in [-0.25, -0.2) is 0 Å². The maximum atomic E-state index is 12.6. The number of rotatable bonds is 5. The van der Waals surface area contributed by atoms with Gasteiger partial charge in [-0.3, -0.25) is 9.89 Å². The number of methoxy groups -OCH3 is 1. The molecule has 0 aliphatic carbocycles. The van der Waals surface area contributed by atoms with Gasteiger partial charge in [0.25, 0.3) is 5.91 Å². The van der Waals surface area contributed by atoms with Crippen LogP contribution in [-0.2, 0) is 0 Å². The van der Waals surface area contributed by atoms with Crippen LogP contribution in [0.3, 0.4) is 0 Å². The number of ether oxygens (including phenoxy) is 1. The molecule has 6 nitrogen and oxygen atoms in total. The zero-order valence-corrected chi connectivity index (χ0v) is 15.9. The molecule has 1 aromatic heterocycles. The van der Waals surface area contributed by atoms with E-state index in [9.17, 15) is 4.79 Å². The molecule has 6 heteroatoms. The number of nitrogens with one attached hydrogen (secondary N) is 2. The summed E-state index contributed by atoms with van der Waals surface area (Å²) in [6, 6.07) is 19.5. The molecule has 0 radical (unpaired) electrons. The summed E-state index contributed by atoms with van der Waals surface area (Å²) in [4.78, 5) is 14.8. The second-order valence-corrected chi connectivity index (χ2v) is 6.99. The van der Waals surface area contributed by atoms with Gasteiger partial charge >= 0.3 is 0 Å². The van der Waals surface area contributed by atoms with E-state index in [-0.39, 0.29) is 11.9 Å². The lowest BCUT2D eigenvalue weighted by atomic mass is 10.0. The molecule has 2 heterocycles. The Bertz CT molecular complexity index is 921. The van der Waals surface area contributed by atoms with E-state index in [0.717, 1.165) is 48.8 Å². The van der Waals surface area contributed by atoms with Gasteiger partial charge in [-0.15, -0.1) is 0 Å². The van der Waals surface area contributed by atoms with Gasteiger partial charge in [-0.2, -0.15) is 5.10 Å². The highest BCUT2D eigenvalue weighted by atomic mass is 16.5. The van der Waals surface area contributed by atoms with E-state index in [1.807, 2.05) is 18.2 Å². The van der Waals surface area contributed by atoms with Crippen LogP contribution in [0.1, 0.15) is 23.2 Å². The number of anilines is 1. The predicted octanol–water partition coefficient (Wildman–Crippen LogP) is 3.48. The summed E-state index contributed by atoms with van der Waals surface area (Å²) in [5.41, 5.74) is 2.76. The molecule has 4 rings (SSSR count). The van der Waals surface area contributed by atoms with Crippen LogP contribution in [0, 0.1) is 0 Å². The van der Waals surface area contributed by atoms with Crippen molar-refractivity contribution in [2.24, 2.45) is 0 Å². The quantitative estimate of drug-likeness (QED) is 0.715. The van der Waals surface area contributed by atoms with E-state index in [0.29, 0.717) is 5.56 Å². The minimum Gasteiger partial charge on any atom is -0.497 e. The first-order chi connectivity index (χ1) is 13.7. The first kappa shape index (κ1) is 18.1. The Morgan fingerprint density at radius 3 is 2.71 bits per heavy atom. The molecule has 1 fully saturated rings. The fourth-order valence-electron chi connectivity index (χ4n) is 3.55. The topological polar surface area (TPSA) is 70.2 Å². The van der Waals surface area contributed by atoms with Crippen molar-refractivity contribution in [3.63, 3.8) is 0 Å². The number of carbonyl (C=O) groups is 1. The van der Waals surface area contributed by atoms with Gasteiger partial charge < -0.3 is 15.0 Å². The number of benzene rings is 2. The van der Waals surface area contributed by atoms with Gasteiger partial charge in [0.15, 0.2) is 5.82 Å². The molecule has 1 saturated heterocycles. The van der Waals surface area contributed by atoms with Crippen molar-refractivity contribution in [3.8, 4) is 17.0 Å². The summed E-state index contributed by atoms with van der Waals surface area (Å²) >= 11 is 0. The number of amides is 1. The molecule has 2 aromatic carbocycles. The number of nitrogens with zero attached hydrogens (tertiary/aromatic N) is 2. The summed E-state index contributed by atoms with van der Waals surface area (Å²) in [7, 11) is 1.62. The van der Waals surface area contributed by atoms with Crippen molar-refractivity contribution in [2.45, 2.75) is 18.9 Å². The molecule has 0 saturated carbocycles. The number of H-pyrrole nitrogens is 1. The molecule has 0 bridgehead atoms. The highest BCUT2D eigenvalue weighted by Gasteiger charge is 2.23. The molecular formula is C22H24N4O2. The largest absolute Gasteiger partial charge is 0.497 e. The normalized spacial score (nSPS) is 16.6. The summed E-state index contributed by atoms with van der Waals surface area (Å²) < 4.78 is 5.15. The zero-order valence-electron chi connectivity index (χ0n) is 15.9. The predicted molar refractivity (Wildman–Crippen MR) is 110 cm³/mol. The molecule has 2 N–H and O–H groups in total. The number of carbonyl (C=O) groups excluding carboxylic acids is 1. The van der Waals surface area contributed by atoms with E-state index in [4.69, 9.17) is 4.74 Å². The molecule has 144 valence electrons. The van der Waals surface area contributed by atoms with Crippen LogP contribution >= 0.6 is 0 Å². The fourth-order valence-corrected chi connectivity index (χ4v) is 3.55. The molecule has 3 aromatic rings. The Kier molecular flexibility index (Phi) is 5.28. The number of hydrogen-bond acceptors (Lipinski definition) is 4. The Labute approximate surface area is 164 Å². The third-order valence-electron chi connectivity index (χ3n) is 5.08. The van der Waals surface area contributed by atoms with Gasteiger partial charge in [-0.05, 0) is 42.7 Å². The molecule has 1 amide bonds. The maximum Gasteiger partial charge on any atom is 0.251 e. The summed E-state index contributed by atoms with van der Waals surface area (Å²) in [5.74, 6) is 1.61. The monoisotopic (exact) mass is 376 g/mol. The van der Waals surface area contributed by atoms with Gasteiger partial charge in [0, 0.05) is 30.8 Å². The lowest BCUT2D eigenvalue weighted by molar-refractivity contribution is 0.0933. The Hall–Kier alpha value is -3.28. The summed E-state index contributed by atoms with van der Waals surface area (Å²) in [6.07, 6.45) is 1.98. The number of piperidine rings is 1. The van der Waals surface area contributed by atoms with Gasteiger partial charge in [0.2, 0.25) is 0 Å². The van der Waals surface area contributed by atoms with Crippen molar-refractivity contribution >= 4 is 11.7 Å². The van der Waals surface area contributed by atoms with Crippen LogP contribution in [0.2, 0.25) is 0 Å². The van der Waals surface area contributed by atoms with Crippen LogP contribution in [0.4, 0.5) is 5.82 Å². The Morgan fingerprint density at radius 1 is 1.18 bits per heavy atom. The highest BCUT2D eigenvalue weighted by molar-refractivity contribution is 5.94. The van der Waals surface area contributed by atoms with Gasteiger partial charge in [0.1, 0.15) is 5.75 Å². The summed E-state index contributed by atoms with van der Waals surface area (Å²) in [6.45, 7) is 1.69. The van der Waals surface area contributed by atoms with Crippen LogP contribution in [-0.4, -0.2) is 42.3 Å². The van der Waals surface area contributed by atoms with E-state index < -0.39 is 0 Å². The average Bonchev–Trinajstić information content (AvgIpc) is 3.25. The maximum absolute atomic E-state index is 12.6. The van der Waals surface area contributed by atoms with E-state index in [1.165, 1.54) is 0 Å². The minimum absolute atomic E-state index is 0.0542. The SMILES string of the molecule is COc1ccc(C(=O)NC2CCCN(c3cc(-c4ccccc4)[nH]n3)C2)cc1. The van der Waals surface area contributed by atoms with E-state index in [1.54, 1.807) is 31.4 Å². The second kappa shape index (κ2) is 8.17. The highest BCUT2D eigenvalue weighted by Crippen LogP contribution is 2.24. The first-order valence-electron chi connectivity index (χ1n) is 9.53. The minimum atomic E-state index is -0.0542. The standard InChI is InChI=1S/C22H24N4O2/c1-28-19-11-9-17(10-12-19)22(27)23-18-8-5-13-26(15-18)21-14-20(24-25-21)16-6-3-2-4-7-16/h2-4,6-7,9-12,14,18H,5,8,13,15H2,1H3,(H,23,27)(H,24,25). The molecule has 28 heavy (non-hydrogen) atoms. The third kappa shape index (κ3) is 4.01. The molecule has 1 aliphatic heterocycles. The smallest absolute Gasteiger partial charge is 0.251 e. The van der Waals surface area contributed by atoms with Crippen LogP contribution in [0.15, 0.2) is 60.7 Å². The lowest BCUT2D eigenvalue weighted by Crippen LogP contribution is -2.48. The molecular weight excluding hydrogens is 352 g/mol. The number of aromatic amines is 1. The molecule has 1 atom stereocenters. The summed E-state index contributed by atoms with van der Waals surface area (Å²) in [5, 5.41) is 10.8. The lowest BCUT2D eigenvalue weighted by Gasteiger charge is -2.33. The second-order valence-electron chi connectivity index (χ2n) is 6.99. The zero-order chi connectivity index (χ0) is 19.3.